The van der Waals surface area contributed by atoms with E-state index in [0.717, 1.165) is 14.8 Å². The monoisotopic (exact) mass is 722 g/mol. The number of carbonyl (C=O) groups is 4. The Kier molecular flexibility index (Phi) is 8.86. The van der Waals surface area contributed by atoms with E-state index in [4.69, 9.17) is 20.8 Å². The topological polar surface area (TPSA) is 104 Å². The molecule has 43 heavy (non-hydrogen) atoms. The Morgan fingerprint density at radius 2 is 1.79 bits per heavy atom. The molecule has 0 bridgehead atoms. The normalized spacial score (nSPS) is 22.4. The minimum absolute atomic E-state index is 0.0160. The van der Waals surface area contributed by atoms with Crippen LogP contribution < -0.4 is 0 Å². The predicted molar refractivity (Wildman–Crippen MR) is 168 cm³/mol. The molecule has 2 atom stereocenters. The Hall–Kier alpha value is -3.06. The zero-order chi connectivity index (χ0) is 31.1. The first-order valence-corrected chi connectivity index (χ1v) is 15.8. The van der Waals surface area contributed by atoms with E-state index in [1.54, 1.807) is 31.7 Å². The molecule has 230 valence electrons. The molecule has 0 saturated carbocycles. The molecule has 1 aromatic carbocycles. The number of nitrogens with zero attached hydrogens (tertiary/aromatic N) is 4. The van der Waals surface area contributed by atoms with Crippen LogP contribution >= 0.6 is 34.2 Å². The molecule has 2 saturated heterocycles. The number of hydrogen-bond acceptors (Lipinski definition) is 6. The van der Waals surface area contributed by atoms with Gasteiger partial charge in [-0.05, 0) is 79.3 Å². The van der Waals surface area contributed by atoms with Gasteiger partial charge in [-0.1, -0.05) is 24.6 Å². The van der Waals surface area contributed by atoms with Crippen LogP contribution in [0.5, 0.6) is 0 Å². The summed E-state index contributed by atoms with van der Waals surface area (Å²) < 4.78 is 11.9. The van der Waals surface area contributed by atoms with Crippen LogP contribution in [0.15, 0.2) is 52.8 Å². The summed E-state index contributed by atoms with van der Waals surface area (Å²) in [6, 6.07) is 9.00. The summed E-state index contributed by atoms with van der Waals surface area (Å²) in [5.41, 5.74) is 0.113. The maximum atomic E-state index is 14.1. The van der Waals surface area contributed by atoms with Crippen molar-refractivity contribution in [2.45, 2.75) is 46.3 Å². The van der Waals surface area contributed by atoms with Crippen molar-refractivity contribution in [3.63, 3.8) is 0 Å². The van der Waals surface area contributed by atoms with E-state index in [1.165, 1.54) is 6.26 Å². The van der Waals surface area contributed by atoms with E-state index in [2.05, 4.69) is 22.6 Å². The lowest BCUT2D eigenvalue weighted by atomic mass is 9.73. The van der Waals surface area contributed by atoms with Crippen molar-refractivity contribution in [3.05, 3.63) is 68.3 Å². The van der Waals surface area contributed by atoms with E-state index in [0.29, 0.717) is 31.2 Å². The van der Waals surface area contributed by atoms with Gasteiger partial charge in [-0.2, -0.15) is 0 Å². The summed E-state index contributed by atoms with van der Waals surface area (Å²) in [5.74, 6) is -0.965. The summed E-state index contributed by atoms with van der Waals surface area (Å²) in [6.45, 7) is 9.63. The highest BCUT2D eigenvalue weighted by Gasteiger charge is 2.56. The zero-order valence-corrected chi connectivity index (χ0v) is 27.7. The van der Waals surface area contributed by atoms with Gasteiger partial charge in [0.1, 0.15) is 5.60 Å². The molecule has 4 heterocycles. The number of fused-ring (bicyclic) bond motifs is 1. The van der Waals surface area contributed by atoms with Gasteiger partial charge in [0.25, 0.3) is 5.91 Å². The highest BCUT2D eigenvalue weighted by Crippen LogP contribution is 2.50. The van der Waals surface area contributed by atoms with Crippen molar-refractivity contribution in [3.8, 4) is 0 Å². The molecule has 0 spiro atoms. The maximum absolute atomic E-state index is 14.1. The standard InChI is InChI=1S/C31H36ClIN4O6/c1-30(2,3)43-29(41)36-10-9-25-31(4,19-36)22(27(39)37(25)18-20-7-8-21(33)16-23(20)32)17-26(38)34-11-13-35(14-12-34)28(40)24-6-5-15-42-24/h5-9,15-16,22H,10-14,17-19H2,1-4H3. The number of halogens is 2. The van der Waals surface area contributed by atoms with Crippen LogP contribution in [0.2, 0.25) is 5.02 Å². The van der Waals surface area contributed by atoms with Crippen LogP contribution in [0.25, 0.3) is 0 Å². The quantitative estimate of drug-likeness (QED) is 0.403. The second kappa shape index (κ2) is 12.1. The number of piperazine rings is 1. The fourth-order valence-electron chi connectivity index (χ4n) is 6.04. The first-order valence-electron chi connectivity index (χ1n) is 14.3. The summed E-state index contributed by atoms with van der Waals surface area (Å²) in [6.07, 6.45) is 2.88. The summed E-state index contributed by atoms with van der Waals surface area (Å²) in [4.78, 5) is 60.2. The zero-order valence-electron chi connectivity index (χ0n) is 24.8. The van der Waals surface area contributed by atoms with Crippen LogP contribution in [-0.4, -0.2) is 88.3 Å². The van der Waals surface area contributed by atoms with Crippen molar-refractivity contribution >= 4 is 58.0 Å². The molecule has 10 nitrogen and oxygen atoms in total. The van der Waals surface area contributed by atoms with Crippen LogP contribution in [0.1, 0.15) is 50.2 Å². The highest BCUT2D eigenvalue weighted by atomic mass is 127. The first-order chi connectivity index (χ1) is 20.3. The second-order valence-electron chi connectivity index (χ2n) is 12.4. The second-order valence-corrected chi connectivity index (χ2v) is 14.1. The number of likely N-dealkylation sites (tertiary alicyclic amines) is 1. The van der Waals surface area contributed by atoms with Crippen molar-refractivity contribution in [1.82, 2.24) is 19.6 Å². The average Bonchev–Trinajstić information content (AvgIpc) is 3.55. The van der Waals surface area contributed by atoms with Crippen molar-refractivity contribution in [2.75, 3.05) is 39.3 Å². The molecular formula is C31H36ClIN4O6. The first kappa shape index (κ1) is 31.4. The molecule has 5 rings (SSSR count). The van der Waals surface area contributed by atoms with Gasteiger partial charge in [0.05, 0.1) is 18.7 Å². The van der Waals surface area contributed by atoms with Gasteiger partial charge in [-0.15, -0.1) is 0 Å². The smallest absolute Gasteiger partial charge is 0.410 e. The van der Waals surface area contributed by atoms with Crippen LogP contribution in [0.4, 0.5) is 4.79 Å². The Labute approximate surface area is 270 Å². The van der Waals surface area contributed by atoms with E-state index >= 15 is 0 Å². The van der Waals surface area contributed by atoms with Crippen molar-refractivity contribution < 1.29 is 28.3 Å². The summed E-state index contributed by atoms with van der Waals surface area (Å²) in [5, 5.41) is 0.565. The third-order valence-electron chi connectivity index (χ3n) is 8.26. The SMILES string of the molecule is CC(C)(C)OC(=O)N1CC=C2N(Cc3ccc(I)cc3Cl)C(=O)C(CC(=O)N3CCN(C(=O)c4ccco4)CC3)C2(C)C1. The third kappa shape index (κ3) is 6.57. The maximum Gasteiger partial charge on any atom is 0.410 e. The molecular weight excluding hydrogens is 687 g/mol. The predicted octanol–water partition coefficient (Wildman–Crippen LogP) is 5.01. The molecule has 2 unspecified atom stereocenters. The van der Waals surface area contributed by atoms with E-state index in [1.807, 2.05) is 52.0 Å². The molecule has 1 aromatic heterocycles. The molecule has 0 aliphatic carbocycles. The fourth-order valence-corrected chi connectivity index (χ4v) is 6.95. The van der Waals surface area contributed by atoms with Crippen molar-refractivity contribution in [2.24, 2.45) is 11.3 Å². The van der Waals surface area contributed by atoms with Crippen molar-refractivity contribution in [1.29, 1.82) is 0 Å². The number of ether oxygens (including phenoxy) is 1. The Morgan fingerprint density at radius 1 is 1.09 bits per heavy atom. The summed E-state index contributed by atoms with van der Waals surface area (Å²) >= 11 is 8.75. The van der Waals surface area contributed by atoms with Crippen LogP contribution in [-0.2, 0) is 20.9 Å². The number of furan rings is 1. The number of rotatable bonds is 5. The lowest BCUT2D eigenvalue weighted by molar-refractivity contribution is -0.140. The van der Waals surface area contributed by atoms with Crippen LogP contribution in [0.3, 0.4) is 0 Å². The Balaban J connectivity index is 1.36. The Bertz CT molecular complexity index is 1450. The highest BCUT2D eigenvalue weighted by molar-refractivity contribution is 14.1. The van der Waals surface area contributed by atoms with Gasteiger partial charge < -0.3 is 28.8 Å². The summed E-state index contributed by atoms with van der Waals surface area (Å²) in [7, 11) is 0. The number of amides is 4. The largest absolute Gasteiger partial charge is 0.459 e. The van der Waals surface area contributed by atoms with Gasteiger partial charge in [0, 0.05) is 65.4 Å². The van der Waals surface area contributed by atoms with E-state index in [-0.39, 0.29) is 49.5 Å². The molecule has 2 fully saturated rings. The fraction of sp³-hybridized carbons (Fsp3) is 0.484. The molecule has 3 aliphatic heterocycles. The van der Waals surface area contributed by atoms with Gasteiger partial charge >= 0.3 is 6.09 Å². The molecule has 2 aromatic rings. The van der Waals surface area contributed by atoms with Gasteiger partial charge in [-0.3, -0.25) is 14.4 Å². The van der Waals surface area contributed by atoms with Crippen LogP contribution in [0, 0.1) is 14.9 Å². The van der Waals surface area contributed by atoms with E-state index < -0.39 is 23.0 Å². The molecule has 12 heteroatoms. The third-order valence-corrected chi connectivity index (χ3v) is 9.28. The lowest BCUT2D eigenvalue weighted by Crippen LogP contribution is -2.52. The minimum Gasteiger partial charge on any atom is -0.459 e. The minimum atomic E-state index is -0.811. The van der Waals surface area contributed by atoms with Gasteiger partial charge in [0.2, 0.25) is 11.8 Å². The molecule has 0 radical (unpaired) electrons. The van der Waals surface area contributed by atoms with Gasteiger partial charge in [-0.25, -0.2) is 4.79 Å². The molecule has 4 amide bonds. The lowest BCUT2D eigenvalue weighted by Gasteiger charge is -2.41. The van der Waals surface area contributed by atoms with E-state index in [9.17, 15) is 19.2 Å². The number of hydrogen-bond donors (Lipinski definition) is 0. The van der Waals surface area contributed by atoms with Gasteiger partial charge in [0.15, 0.2) is 5.76 Å². The number of benzene rings is 1. The Morgan fingerprint density at radius 3 is 2.42 bits per heavy atom. The average molecular weight is 723 g/mol. The molecule has 0 N–H and O–H groups in total. The molecule has 3 aliphatic rings. The number of carbonyl (C=O) groups excluding carboxylic acids is 4.